The van der Waals surface area contributed by atoms with Gasteiger partial charge in [-0.25, -0.2) is 23.7 Å². The number of aromatic nitrogens is 4. The predicted octanol–water partition coefficient (Wildman–Crippen LogP) is 3.11. The lowest BCUT2D eigenvalue weighted by Gasteiger charge is -2.10. The Labute approximate surface area is 125 Å². The molecule has 7 heteroatoms. The van der Waals surface area contributed by atoms with Gasteiger partial charge in [0, 0.05) is 24.7 Å². The summed E-state index contributed by atoms with van der Waals surface area (Å²) in [7, 11) is 0. The van der Waals surface area contributed by atoms with E-state index in [1.807, 2.05) is 6.92 Å². The molecule has 0 fully saturated rings. The van der Waals surface area contributed by atoms with Crippen molar-refractivity contribution in [1.29, 1.82) is 0 Å². The molecule has 1 atom stereocenters. The number of hydrogen-bond acceptors (Lipinski definition) is 4. The second-order valence-corrected chi connectivity index (χ2v) is 4.74. The fourth-order valence-electron chi connectivity index (χ4n) is 2.03. The largest absolute Gasteiger partial charge is 0.346 e. The minimum Gasteiger partial charge on any atom is -0.346 e. The third-order valence-corrected chi connectivity index (χ3v) is 3.15. The second kappa shape index (κ2) is 5.88. The molecule has 0 aliphatic rings. The van der Waals surface area contributed by atoms with Crippen LogP contribution in [0.1, 0.15) is 18.7 Å². The van der Waals surface area contributed by atoms with Gasteiger partial charge in [-0.2, -0.15) is 0 Å². The topological polar surface area (TPSA) is 55.6 Å². The van der Waals surface area contributed by atoms with Crippen molar-refractivity contribution >= 4 is 5.95 Å². The number of anilines is 1. The van der Waals surface area contributed by atoms with Gasteiger partial charge in [0.2, 0.25) is 5.95 Å². The number of rotatable bonds is 4. The van der Waals surface area contributed by atoms with E-state index in [9.17, 15) is 8.78 Å². The molecule has 22 heavy (non-hydrogen) atoms. The van der Waals surface area contributed by atoms with Gasteiger partial charge >= 0.3 is 0 Å². The summed E-state index contributed by atoms with van der Waals surface area (Å²) in [5.41, 5.74) is 0.930. The summed E-state index contributed by atoms with van der Waals surface area (Å²) in [5.74, 6) is -0.772. The summed E-state index contributed by atoms with van der Waals surface area (Å²) in [6.45, 7) is 1.89. The van der Waals surface area contributed by atoms with Crippen LogP contribution in [0.5, 0.6) is 0 Å². The van der Waals surface area contributed by atoms with E-state index >= 15 is 0 Å². The van der Waals surface area contributed by atoms with E-state index in [-0.39, 0.29) is 11.7 Å². The molecule has 2 heterocycles. The highest BCUT2D eigenvalue weighted by Crippen LogP contribution is 2.19. The van der Waals surface area contributed by atoms with E-state index in [2.05, 4.69) is 20.3 Å². The lowest BCUT2D eigenvalue weighted by atomic mass is 10.2. The Morgan fingerprint density at radius 2 is 1.91 bits per heavy atom. The molecular weight excluding hydrogens is 288 g/mol. The maximum Gasteiger partial charge on any atom is 0.223 e. The Morgan fingerprint density at radius 3 is 2.64 bits per heavy atom. The summed E-state index contributed by atoms with van der Waals surface area (Å²) in [6, 6.07) is 4.98. The van der Waals surface area contributed by atoms with Crippen LogP contribution in [0, 0.1) is 11.6 Å². The average Bonchev–Trinajstić information content (AvgIpc) is 2.98. The van der Waals surface area contributed by atoms with Gasteiger partial charge in [0.15, 0.2) is 0 Å². The van der Waals surface area contributed by atoms with E-state index in [1.165, 1.54) is 23.0 Å². The van der Waals surface area contributed by atoms with Gasteiger partial charge < -0.3 is 9.88 Å². The fraction of sp³-hybridized carbons (Fsp3) is 0.133. The van der Waals surface area contributed by atoms with Gasteiger partial charge in [-0.1, -0.05) is 0 Å². The van der Waals surface area contributed by atoms with Crippen LogP contribution in [0.3, 0.4) is 0 Å². The first-order valence-corrected chi connectivity index (χ1v) is 6.66. The summed E-state index contributed by atoms with van der Waals surface area (Å²) >= 11 is 0. The molecule has 0 spiro atoms. The Kier molecular flexibility index (Phi) is 3.78. The number of nitrogens with zero attached hydrogens (tertiary/aromatic N) is 4. The van der Waals surface area contributed by atoms with E-state index in [0.29, 0.717) is 11.6 Å². The molecule has 0 saturated heterocycles. The first-order valence-electron chi connectivity index (χ1n) is 6.66. The van der Waals surface area contributed by atoms with Crippen LogP contribution in [0.25, 0.3) is 5.69 Å². The van der Waals surface area contributed by atoms with Crippen molar-refractivity contribution < 1.29 is 8.78 Å². The van der Waals surface area contributed by atoms with Crippen molar-refractivity contribution in [2.75, 3.05) is 5.32 Å². The average molecular weight is 301 g/mol. The minimum absolute atomic E-state index is 0.160. The number of benzene rings is 1. The molecule has 0 bridgehead atoms. The first-order chi connectivity index (χ1) is 10.6. The second-order valence-electron chi connectivity index (χ2n) is 4.74. The van der Waals surface area contributed by atoms with E-state index < -0.39 is 11.6 Å². The van der Waals surface area contributed by atoms with Gasteiger partial charge in [-0.05, 0) is 25.1 Å². The Morgan fingerprint density at radius 1 is 1.14 bits per heavy atom. The van der Waals surface area contributed by atoms with Crippen molar-refractivity contribution in [3.63, 3.8) is 0 Å². The molecule has 112 valence electrons. The number of halogens is 2. The molecule has 3 aromatic rings. The van der Waals surface area contributed by atoms with E-state index in [1.54, 1.807) is 24.7 Å². The zero-order valence-electron chi connectivity index (χ0n) is 11.7. The number of nitrogens with one attached hydrogen (secondary N) is 1. The summed E-state index contributed by atoms with van der Waals surface area (Å²) in [4.78, 5) is 12.4. The Balaban J connectivity index is 1.81. The number of hydrogen-bond donors (Lipinski definition) is 1. The zero-order valence-corrected chi connectivity index (χ0v) is 11.7. The van der Waals surface area contributed by atoms with Crippen LogP contribution in [-0.2, 0) is 0 Å². The highest BCUT2D eigenvalue weighted by Gasteiger charge is 2.12. The normalized spacial score (nSPS) is 12.1. The van der Waals surface area contributed by atoms with Crippen molar-refractivity contribution in [3.8, 4) is 5.69 Å². The summed E-state index contributed by atoms with van der Waals surface area (Å²) in [6.07, 6.45) is 6.43. The molecule has 0 aliphatic carbocycles. The molecule has 0 saturated carbocycles. The molecule has 0 aliphatic heterocycles. The van der Waals surface area contributed by atoms with Gasteiger partial charge in [0.25, 0.3) is 0 Å². The molecular formula is C15H13F2N5. The zero-order chi connectivity index (χ0) is 15.5. The molecule has 2 aromatic heterocycles. The summed E-state index contributed by atoms with van der Waals surface area (Å²) in [5, 5.41) is 3.09. The van der Waals surface area contributed by atoms with Gasteiger partial charge in [-0.3, -0.25) is 0 Å². The molecule has 1 aromatic carbocycles. The monoisotopic (exact) mass is 301 g/mol. The van der Waals surface area contributed by atoms with Gasteiger partial charge in [-0.15, -0.1) is 0 Å². The lowest BCUT2D eigenvalue weighted by Crippen LogP contribution is -2.09. The minimum atomic E-state index is -0.643. The quantitative estimate of drug-likeness (QED) is 0.804. The van der Waals surface area contributed by atoms with E-state index in [4.69, 9.17) is 0 Å². The number of imidazole rings is 1. The van der Waals surface area contributed by atoms with Crippen LogP contribution < -0.4 is 5.32 Å². The maximum atomic E-state index is 13.8. The van der Waals surface area contributed by atoms with Crippen molar-refractivity contribution in [2.45, 2.75) is 13.0 Å². The first kappa shape index (κ1) is 14.1. The third-order valence-electron chi connectivity index (χ3n) is 3.15. The van der Waals surface area contributed by atoms with Crippen molar-refractivity contribution in [3.05, 3.63) is 66.5 Å². The molecule has 0 radical (unpaired) electrons. The Hall–Kier alpha value is -2.83. The van der Waals surface area contributed by atoms with Crippen LogP contribution in [0.4, 0.5) is 14.7 Å². The molecule has 0 unspecified atom stereocenters. The highest BCUT2D eigenvalue weighted by atomic mass is 19.1. The predicted molar refractivity (Wildman–Crippen MR) is 77.5 cm³/mol. The van der Waals surface area contributed by atoms with Crippen molar-refractivity contribution in [2.24, 2.45) is 0 Å². The van der Waals surface area contributed by atoms with E-state index in [0.717, 1.165) is 6.07 Å². The van der Waals surface area contributed by atoms with Gasteiger partial charge in [0.1, 0.15) is 11.6 Å². The molecule has 0 amide bonds. The lowest BCUT2D eigenvalue weighted by molar-refractivity contribution is 0.577. The van der Waals surface area contributed by atoms with Crippen LogP contribution in [0.15, 0.2) is 49.2 Å². The third kappa shape index (κ3) is 2.93. The van der Waals surface area contributed by atoms with Crippen LogP contribution in [0.2, 0.25) is 0 Å². The fourth-order valence-corrected chi connectivity index (χ4v) is 2.03. The Bertz CT molecular complexity index is 773. The van der Waals surface area contributed by atoms with Gasteiger partial charge in [0.05, 0.1) is 23.8 Å². The molecule has 3 rings (SSSR count). The van der Waals surface area contributed by atoms with Crippen LogP contribution >= 0.6 is 0 Å². The molecule has 5 nitrogen and oxygen atoms in total. The summed E-state index contributed by atoms with van der Waals surface area (Å²) < 4.78 is 28.2. The highest BCUT2D eigenvalue weighted by molar-refractivity contribution is 5.35. The smallest absolute Gasteiger partial charge is 0.223 e. The maximum absolute atomic E-state index is 13.8. The van der Waals surface area contributed by atoms with Crippen molar-refractivity contribution in [1.82, 2.24) is 19.5 Å². The standard InChI is InChI=1S/C15H13F2N5/c1-10(21-15-18-5-2-6-19-15)13-8-22(9-20-13)14-4-3-11(16)7-12(14)17/h2-10H,1H3,(H,18,19,21)/t10-/m0/s1. The van der Waals surface area contributed by atoms with Crippen LogP contribution in [-0.4, -0.2) is 19.5 Å². The molecule has 1 N–H and O–H groups in total. The SMILES string of the molecule is C[C@H](Nc1ncccn1)c1cn(-c2ccc(F)cc2F)cn1.